The molecule has 1 amide bonds. The van der Waals surface area contributed by atoms with Gasteiger partial charge in [-0.1, -0.05) is 12.1 Å². The maximum atomic E-state index is 12.8. The fourth-order valence-corrected chi connectivity index (χ4v) is 4.81. The largest absolute Gasteiger partial charge is 0.355 e. The molecule has 25 heavy (non-hydrogen) atoms. The number of sulfonamides is 1. The third-order valence-electron chi connectivity index (χ3n) is 4.32. The van der Waals surface area contributed by atoms with Crippen LogP contribution in [0.4, 0.5) is 4.39 Å². The average molecular weight is 372 g/mol. The Morgan fingerprint density at radius 1 is 1.20 bits per heavy atom. The number of likely N-dealkylation sites (N-methyl/N-ethyl adjacent to an activating group) is 1. The Morgan fingerprint density at radius 2 is 1.76 bits per heavy atom. The molecule has 1 aromatic carbocycles. The lowest BCUT2D eigenvalue weighted by atomic mass is 10.1. The molecule has 2 atom stereocenters. The Bertz CT molecular complexity index is 686. The monoisotopic (exact) mass is 372 g/mol. The standard InChI is InChI=1S/C16H25FN4O3S/c1-11-16(12(2)20-19-11)25(23,24)21(3)10-15(22)18-9-8-13-4-6-14(17)7-5-13/h4-7,11-12,16,19-20H,8-10H2,1-3H3,(H,18,22). The number of halogens is 1. The first kappa shape index (κ1) is 19.8. The van der Waals surface area contributed by atoms with Crippen molar-refractivity contribution in [3.63, 3.8) is 0 Å². The first-order valence-electron chi connectivity index (χ1n) is 8.19. The molecule has 1 aliphatic heterocycles. The zero-order chi connectivity index (χ0) is 18.6. The minimum absolute atomic E-state index is 0.234. The van der Waals surface area contributed by atoms with Gasteiger partial charge in [-0.05, 0) is 38.0 Å². The van der Waals surface area contributed by atoms with Crippen LogP contribution in [-0.2, 0) is 21.2 Å². The summed E-state index contributed by atoms with van der Waals surface area (Å²) in [6.45, 7) is 3.70. The molecule has 0 saturated carbocycles. The highest BCUT2D eigenvalue weighted by molar-refractivity contribution is 7.89. The van der Waals surface area contributed by atoms with Crippen LogP contribution < -0.4 is 16.2 Å². The third-order valence-corrected chi connectivity index (χ3v) is 6.82. The highest BCUT2D eigenvalue weighted by Gasteiger charge is 2.42. The van der Waals surface area contributed by atoms with Crippen LogP contribution in [0, 0.1) is 5.82 Å². The Hall–Kier alpha value is -1.55. The van der Waals surface area contributed by atoms with Crippen molar-refractivity contribution in [3.8, 4) is 0 Å². The molecule has 1 fully saturated rings. The minimum Gasteiger partial charge on any atom is -0.355 e. The number of hydrazine groups is 1. The SMILES string of the molecule is CC1NNC(C)C1S(=O)(=O)N(C)CC(=O)NCCc1ccc(F)cc1. The Morgan fingerprint density at radius 3 is 2.32 bits per heavy atom. The summed E-state index contributed by atoms with van der Waals surface area (Å²) in [5, 5.41) is 2.06. The van der Waals surface area contributed by atoms with Gasteiger partial charge in [-0.25, -0.2) is 12.8 Å². The number of nitrogens with zero attached hydrogens (tertiary/aromatic N) is 1. The van der Waals surface area contributed by atoms with Gasteiger partial charge in [0.2, 0.25) is 15.9 Å². The lowest BCUT2D eigenvalue weighted by molar-refractivity contribution is -0.121. The van der Waals surface area contributed by atoms with Crippen molar-refractivity contribution in [3.05, 3.63) is 35.6 Å². The average Bonchev–Trinajstić information content (AvgIpc) is 2.88. The maximum absolute atomic E-state index is 12.8. The molecule has 7 nitrogen and oxygen atoms in total. The lowest BCUT2D eigenvalue weighted by Crippen LogP contribution is -2.48. The van der Waals surface area contributed by atoms with Gasteiger partial charge >= 0.3 is 0 Å². The van der Waals surface area contributed by atoms with Crippen molar-refractivity contribution < 1.29 is 17.6 Å². The first-order chi connectivity index (χ1) is 11.7. The summed E-state index contributed by atoms with van der Waals surface area (Å²) >= 11 is 0. The van der Waals surface area contributed by atoms with Gasteiger partial charge in [0, 0.05) is 25.7 Å². The molecule has 1 aromatic rings. The van der Waals surface area contributed by atoms with E-state index in [1.54, 1.807) is 26.0 Å². The molecule has 1 saturated heterocycles. The molecule has 1 aliphatic rings. The van der Waals surface area contributed by atoms with Crippen molar-refractivity contribution in [2.45, 2.75) is 37.6 Å². The summed E-state index contributed by atoms with van der Waals surface area (Å²) in [5.41, 5.74) is 6.71. The van der Waals surface area contributed by atoms with E-state index in [0.29, 0.717) is 13.0 Å². The molecule has 0 aromatic heterocycles. The highest BCUT2D eigenvalue weighted by atomic mass is 32.2. The summed E-state index contributed by atoms with van der Waals surface area (Å²) in [5.74, 6) is -0.675. The second-order valence-electron chi connectivity index (χ2n) is 6.36. The molecule has 0 spiro atoms. The molecule has 2 rings (SSSR count). The Balaban J connectivity index is 1.84. The molecule has 3 N–H and O–H groups in total. The van der Waals surface area contributed by atoms with Crippen LogP contribution in [0.1, 0.15) is 19.4 Å². The van der Waals surface area contributed by atoms with E-state index in [2.05, 4.69) is 16.2 Å². The molecule has 0 radical (unpaired) electrons. The summed E-state index contributed by atoms with van der Waals surface area (Å²) in [4.78, 5) is 12.0. The number of carbonyl (C=O) groups excluding carboxylic acids is 1. The minimum atomic E-state index is -3.61. The normalized spacial score (nSPS) is 23.8. The van der Waals surface area contributed by atoms with Crippen LogP contribution in [0.3, 0.4) is 0 Å². The van der Waals surface area contributed by atoms with Gasteiger partial charge in [0.1, 0.15) is 11.1 Å². The number of benzene rings is 1. The summed E-state index contributed by atoms with van der Waals surface area (Å²) in [6.07, 6.45) is 0.549. The van der Waals surface area contributed by atoms with Gasteiger partial charge in [0.25, 0.3) is 0 Å². The maximum Gasteiger partial charge on any atom is 0.235 e. The highest BCUT2D eigenvalue weighted by Crippen LogP contribution is 2.18. The number of hydrogen-bond acceptors (Lipinski definition) is 5. The van der Waals surface area contributed by atoms with Crippen molar-refractivity contribution in [1.82, 2.24) is 20.5 Å². The van der Waals surface area contributed by atoms with Crippen LogP contribution in [0.15, 0.2) is 24.3 Å². The number of rotatable bonds is 7. The predicted octanol–water partition coefficient (Wildman–Crippen LogP) is -0.000600. The fourth-order valence-electron chi connectivity index (χ4n) is 2.93. The van der Waals surface area contributed by atoms with Crippen LogP contribution in [-0.4, -0.2) is 56.1 Å². The molecular formula is C16H25FN4O3S. The van der Waals surface area contributed by atoms with Crippen LogP contribution >= 0.6 is 0 Å². The van der Waals surface area contributed by atoms with Gasteiger partial charge in [0.05, 0.1) is 6.54 Å². The van der Waals surface area contributed by atoms with Crippen molar-refractivity contribution in [2.24, 2.45) is 0 Å². The van der Waals surface area contributed by atoms with Crippen molar-refractivity contribution in [2.75, 3.05) is 20.1 Å². The number of amides is 1. The third kappa shape index (κ3) is 4.97. The summed E-state index contributed by atoms with van der Waals surface area (Å²) in [6, 6.07) is 5.54. The van der Waals surface area contributed by atoms with Crippen molar-refractivity contribution >= 4 is 15.9 Å². The van der Waals surface area contributed by atoms with E-state index in [4.69, 9.17) is 0 Å². The smallest absolute Gasteiger partial charge is 0.235 e. The van der Waals surface area contributed by atoms with Crippen LogP contribution in [0.5, 0.6) is 0 Å². The zero-order valence-corrected chi connectivity index (χ0v) is 15.4. The van der Waals surface area contributed by atoms with E-state index >= 15 is 0 Å². The molecule has 0 bridgehead atoms. The number of carbonyl (C=O) groups is 1. The quantitative estimate of drug-likeness (QED) is 0.627. The number of hydrogen-bond donors (Lipinski definition) is 3. The van der Waals surface area contributed by atoms with Crippen LogP contribution in [0.2, 0.25) is 0 Å². The second kappa shape index (κ2) is 8.22. The van der Waals surface area contributed by atoms with Gasteiger partial charge in [-0.2, -0.15) is 4.31 Å². The van der Waals surface area contributed by atoms with Gasteiger partial charge in [-0.3, -0.25) is 15.6 Å². The van der Waals surface area contributed by atoms with Gasteiger partial charge < -0.3 is 5.32 Å². The van der Waals surface area contributed by atoms with E-state index in [1.807, 2.05) is 0 Å². The Kier molecular flexibility index (Phi) is 6.50. The van der Waals surface area contributed by atoms with E-state index in [1.165, 1.54) is 19.2 Å². The molecular weight excluding hydrogens is 347 g/mol. The molecule has 2 unspecified atom stereocenters. The van der Waals surface area contributed by atoms with E-state index in [9.17, 15) is 17.6 Å². The van der Waals surface area contributed by atoms with E-state index < -0.39 is 15.3 Å². The summed E-state index contributed by atoms with van der Waals surface area (Å²) < 4.78 is 39.2. The fraction of sp³-hybridized carbons (Fsp3) is 0.562. The lowest BCUT2D eigenvalue weighted by Gasteiger charge is -2.25. The first-order valence-corrected chi connectivity index (χ1v) is 9.69. The van der Waals surface area contributed by atoms with Gasteiger partial charge in [0.15, 0.2) is 0 Å². The molecule has 1 heterocycles. The van der Waals surface area contributed by atoms with Crippen molar-refractivity contribution in [1.29, 1.82) is 0 Å². The molecule has 9 heteroatoms. The number of nitrogens with one attached hydrogen (secondary N) is 3. The zero-order valence-electron chi connectivity index (χ0n) is 14.6. The second-order valence-corrected chi connectivity index (χ2v) is 8.56. The van der Waals surface area contributed by atoms with E-state index in [-0.39, 0.29) is 30.4 Å². The van der Waals surface area contributed by atoms with E-state index in [0.717, 1.165) is 9.87 Å². The molecule has 140 valence electrons. The summed E-state index contributed by atoms with van der Waals surface area (Å²) in [7, 11) is -2.20. The Labute approximate surface area is 148 Å². The van der Waals surface area contributed by atoms with Crippen LogP contribution in [0.25, 0.3) is 0 Å². The predicted molar refractivity (Wildman–Crippen MR) is 93.6 cm³/mol. The topological polar surface area (TPSA) is 90.5 Å². The molecule has 0 aliphatic carbocycles. The van der Waals surface area contributed by atoms with Gasteiger partial charge in [-0.15, -0.1) is 0 Å².